The molecule has 23 heavy (non-hydrogen) atoms. The Balaban J connectivity index is 2.19. The summed E-state index contributed by atoms with van der Waals surface area (Å²) in [5.41, 5.74) is 7.16. The van der Waals surface area contributed by atoms with E-state index < -0.39 is 11.6 Å². The van der Waals surface area contributed by atoms with E-state index in [9.17, 15) is 8.78 Å². The normalized spacial score (nSPS) is 11.2. The summed E-state index contributed by atoms with van der Waals surface area (Å²) in [5.74, 6) is -0.806. The van der Waals surface area contributed by atoms with Crippen LogP contribution in [0.3, 0.4) is 0 Å². The Bertz CT molecular complexity index is 881. The van der Waals surface area contributed by atoms with Crippen LogP contribution >= 0.6 is 0 Å². The number of benzene rings is 2. The molecule has 1 aromatic heterocycles. The number of fused-ring (bicyclic) bond motifs is 1. The van der Waals surface area contributed by atoms with Crippen molar-refractivity contribution in [3.05, 3.63) is 48.0 Å². The first-order chi connectivity index (χ1) is 10.9. The lowest BCUT2D eigenvalue weighted by Crippen LogP contribution is -2.09. The average Bonchev–Trinajstić information content (AvgIpc) is 2.46. The van der Waals surface area contributed by atoms with Crippen molar-refractivity contribution in [2.24, 2.45) is 0 Å². The number of rotatable bonds is 3. The van der Waals surface area contributed by atoms with Gasteiger partial charge in [-0.3, -0.25) is 0 Å². The molecule has 0 amide bonds. The molecule has 3 rings (SSSR count). The number of anilines is 1. The summed E-state index contributed by atoms with van der Waals surface area (Å²) >= 11 is 0. The molecule has 6 heteroatoms. The molecule has 0 saturated heterocycles. The SMILES string of the molecule is CC(C)Oc1nc(N)nc2ccc(-c3ccc(F)cc3F)cc12. The van der Waals surface area contributed by atoms with Gasteiger partial charge in [-0.15, -0.1) is 0 Å². The molecule has 1 heterocycles. The van der Waals surface area contributed by atoms with Gasteiger partial charge in [0.2, 0.25) is 11.8 Å². The highest BCUT2D eigenvalue weighted by molar-refractivity contribution is 5.89. The van der Waals surface area contributed by atoms with E-state index in [1.807, 2.05) is 13.8 Å². The van der Waals surface area contributed by atoms with Crippen molar-refractivity contribution in [2.75, 3.05) is 5.73 Å². The van der Waals surface area contributed by atoms with Gasteiger partial charge in [0.1, 0.15) is 11.6 Å². The molecule has 118 valence electrons. The number of hydrogen-bond donors (Lipinski definition) is 1. The molecular formula is C17H15F2N3O. The van der Waals surface area contributed by atoms with E-state index in [4.69, 9.17) is 10.5 Å². The second kappa shape index (κ2) is 5.79. The summed E-state index contributed by atoms with van der Waals surface area (Å²) in [6.45, 7) is 3.74. The summed E-state index contributed by atoms with van der Waals surface area (Å²) in [6.07, 6.45) is -0.0984. The quantitative estimate of drug-likeness (QED) is 0.795. The first kappa shape index (κ1) is 15.1. The summed E-state index contributed by atoms with van der Waals surface area (Å²) in [6, 6.07) is 8.58. The second-order valence-electron chi connectivity index (χ2n) is 5.41. The van der Waals surface area contributed by atoms with Crippen molar-refractivity contribution in [1.29, 1.82) is 0 Å². The van der Waals surface area contributed by atoms with Crippen LogP contribution in [0.5, 0.6) is 5.88 Å². The molecular weight excluding hydrogens is 300 g/mol. The summed E-state index contributed by atoms with van der Waals surface area (Å²) in [7, 11) is 0. The number of nitrogen functional groups attached to an aromatic ring is 1. The maximum Gasteiger partial charge on any atom is 0.226 e. The van der Waals surface area contributed by atoms with Crippen molar-refractivity contribution in [1.82, 2.24) is 9.97 Å². The van der Waals surface area contributed by atoms with E-state index in [-0.39, 0.29) is 12.1 Å². The lowest BCUT2D eigenvalue weighted by atomic mass is 10.0. The van der Waals surface area contributed by atoms with Gasteiger partial charge in [0.25, 0.3) is 0 Å². The van der Waals surface area contributed by atoms with Crippen molar-refractivity contribution >= 4 is 16.9 Å². The molecule has 0 spiro atoms. The van der Waals surface area contributed by atoms with Crippen LogP contribution in [0, 0.1) is 11.6 Å². The molecule has 0 unspecified atom stereocenters. The van der Waals surface area contributed by atoms with Crippen LogP contribution in [0.25, 0.3) is 22.0 Å². The van der Waals surface area contributed by atoms with Gasteiger partial charge in [-0.1, -0.05) is 6.07 Å². The lowest BCUT2D eigenvalue weighted by molar-refractivity contribution is 0.236. The van der Waals surface area contributed by atoms with Crippen LogP contribution in [0.4, 0.5) is 14.7 Å². The fourth-order valence-corrected chi connectivity index (χ4v) is 2.32. The highest BCUT2D eigenvalue weighted by atomic mass is 19.1. The van der Waals surface area contributed by atoms with E-state index in [1.54, 1.807) is 18.2 Å². The predicted molar refractivity (Wildman–Crippen MR) is 85.1 cm³/mol. The average molecular weight is 315 g/mol. The Hall–Kier alpha value is -2.76. The first-order valence-corrected chi connectivity index (χ1v) is 7.13. The van der Waals surface area contributed by atoms with E-state index in [0.29, 0.717) is 27.9 Å². The van der Waals surface area contributed by atoms with Crippen molar-refractivity contribution in [2.45, 2.75) is 20.0 Å². The number of aromatic nitrogens is 2. The minimum Gasteiger partial charge on any atom is -0.474 e. The maximum atomic E-state index is 14.0. The standard InChI is InChI=1S/C17H15F2N3O/c1-9(2)23-16-13-7-10(3-6-15(13)21-17(20)22-16)12-5-4-11(18)8-14(12)19/h3-9H,1-2H3,(H2,20,21,22). The number of nitrogens with zero attached hydrogens (tertiary/aromatic N) is 2. The molecule has 2 aromatic carbocycles. The van der Waals surface area contributed by atoms with Crippen LogP contribution in [-0.2, 0) is 0 Å². The Labute approximate surface area is 131 Å². The van der Waals surface area contributed by atoms with Crippen molar-refractivity contribution in [3.63, 3.8) is 0 Å². The Morgan fingerprint density at radius 1 is 1.04 bits per heavy atom. The molecule has 4 nitrogen and oxygen atoms in total. The monoisotopic (exact) mass is 315 g/mol. The summed E-state index contributed by atoms with van der Waals surface area (Å²) < 4.78 is 32.7. The molecule has 0 bridgehead atoms. The zero-order valence-electron chi connectivity index (χ0n) is 12.7. The number of ether oxygens (including phenoxy) is 1. The molecule has 0 atom stereocenters. The van der Waals surface area contributed by atoms with E-state index in [1.165, 1.54) is 12.1 Å². The Kier molecular flexibility index (Phi) is 3.82. The van der Waals surface area contributed by atoms with E-state index in [0.717, 1.165) is 6.07 Å². The molecule has 0 aliphatic rings. The van der Waals surface area contributed by atoms with Gasteiger partial charge in [-0.05, 0) is 43.7 Å². The minimum atomic E-state index is -0.632. The van der Waals surface area contributed by atoms with Crippen molar-refractivity contribution < 1.29 is 13.5 Å². The van der Waals surface area contributed by atoms with Crippen molar-refractivity contribution in [3.8, 4) is 17.0 Å². The van der Waals surface area contributed by atoms with Crippen LogP contribution in [-0.4, -0.2) is 16.1 Å². The highest BCUT2D eigenvalue weighted by Gasteiger charge is 2.12. The third-order valence-electron chi connectivity index (χ3n) is 3.27. The van der Waals surface area contributed by atoms with E-state index in [2.05, 4.69) is 9.97 Å². The smallest absolute Gasteiger partial charge is 0.226 e. The Morgan fingerprint density at radius 2 is 1.83 bits per heavy atom. The molecule has 0 saturated carbocycles. The van der Waals surface area contributed by atoms with Crippen LogP contribution in [0.2, 0.25) is 0 Å². The maximum absolute atomic E-state index is 14.0. The highest BCUT2D eigenvalue weighted by Crippen LogP contribution is 2.31. The van der Waals surface area contributed by atoms with Gasteiger partial charge in [-0.25, -0.2) is 13.8 Å². The van der Waals surface area contributed by atoms with E-state index >= 15 is 0 Å². The third-order valence-corrected chi connectivity index (χ3v) is 3.27. The van der Waals surface area contributed by atoms with Gasteiger partial charge in [0.15, 0.2) is 0 Å². The molecule has 2 N–H and O–H groups in total. The molecule has 0 radical (unpaired) electrons. The minimum absolute atomic E-state index is 0.0984. The fourth-order valence-electron chi connectivity index (χ4n) is 2.32. The molecule has 0 aliphatic heterocycles. The number of halogens is 2. The van der Waals surface area contributed by atoms with Gasteiger partial charge in [-0.2, -0.15) is 4.98 Å². The van der Waals surface area contributed by atoms with Crippen LogP contribution in [0.1, 0.15) is 13.8 Å². The first-order valence-electron chi connectivity index (χ1n) is 7.13. The largest absolute Gasteiger partial charge is 0.474 e. The number of hydrogen-bond acceptors (Lipinski definition) is 4. The molecule has 0 aliphatic carbocycles. The summed E-state index contributed by atoms with van der Waals surface area (Å²) in [5, 5.41) is 0.620. The van der Waals surface area contributed by atoms with Gasteiger partial charge in [0, 0.05) is 11.6 Å². The molecule has 0 fully saturated rings. The van der Waals surface area contributed by atoms with Gasteiger partial charge in [0.05, 0.1) is 17.0 Å². The lowest BCUT2D eigenvalue weighted by Gasteiger charge is -2.12. The zero-order chi connectivity index (χ0) is 16.6. The van der Waals surface area contributed by atoms with Gasteiger partial charge >= 0.3 is 0 Å². The summed E-state index contributed by atoms with van der Waals surface area (Å²) in [4.78, 5) is 8.25. The van der Waals surface area contributed by atoms with Crippen LogP contribution in [0.15, 0.2) is 36.4 Å². The zero-order valence-corrected chi connectivity index (χ0v) is 12.7. The fraction of sp³-hybridized carbons (Fsp3) is 0.176. The number of nitrogens with two attached hydrogens (primary N) is 1. The third kappa shape index (κ3) is 3.06. The predicted octanol–water partition coefficient (Wildman–Crippen LogP) is 3.94. The topological polar surface area (TPSA) is 61.0 Å². The Morgan fingerprint density at radius 3 is 2.52 bits per heavy atom. The van der Waals surface area contributed by atoms with Crippen LogP contribution < -0.4 is 10.5 Å². The van der Waals surface area contributed by atoms with Gasteiger partial charge < -0.3 is 10.5 Å². The second-order valence-corrected chi connectivity index (χ2v) is 5.41. The molecule has 3 aromatic rings.